The van der Waals surface area contributed by atoms with Gasteiger partial charge >= 0.3 is 19.9 Å². The van der Waals surface area contributed by atoms with Gasteiger partial charge in [-0.2, -0.15) is 0 Å². The molecule has 3 rings (SSSR count). The van der Waals surface area contributed by atoms with Crippen LogP contribution in [-0.2, 0) is 37.6 Å². The Hall–Kier alpha value is -2.85. The summed E-state index contributed by atoms with van der Waals surface area (Å²) in [5.74, 6) is -0.926. The van der Waals surface area contributed by atoms with E-state index in [2.05, 4.69) is 17.6 Å². The highest BCUT2D eigenvalue weighted by molar-refractivity contribution is 7.49. The molecular formula is C37H52Cl3N2O13P. The predicted octanol–water partition coefficient (Wildman–Crippen LogP) is 6.78. The van der Waals surface area contributed by atoms with E-state index in [0.29, 0.717) is 6.42 Å². The Morgan fingerprint density at radius 2 is 1.43 bits per heavy atom. The smallest absolute Gasteiger partial charge is 0.456 e. The van der Waals surface area contributed by atoms with Gasteiger partial charge in [0.05, 0.1) is 19.8 Å². The van der Waals surface area contributed by atoms with Crippen molar-refractivity contribution in [1.29, 1.82) is 0 Å². The maximum Gasteiger partial charge on any atom is 0.587 e. The van der Waals surface area contributed by atoms with Crippen molar-refractivity contribution in [2.45, 2.75) is 106 Å². The lowest BCUT2D eigenvalue weighted by Crippen LogP contribution is -2.66. The number of halogens is 3. The van der Waals surface area contributed by atoms with E-state index in [0.717, 1.165) is 19.3 Å². The second-order valence-corrected chi connectivity index (χ2v) is 16.9. The molecule has 15 nitrogen and oxygen atoms in total. The minimum atomic E-state index is -4.32. The fraction of sp³-hybridized carbons (Fsp3) is 0.595. The van der Waals surface area contributed by atoms with Crippen LogP contribution in [0.2, 0.25) is 0 Å². The van der Waals surface area contributed by atoms with Crippen molar-refractivity contribution in [3.8, 4) is 11.5 Å². The summed E-state index contributed by atoms with van der Waals surface area (Å²) in [6, 6.07) is 14.9. The zero-order valence-corrected chi connectivity index (χ0v) is 34.4. The minimum Gasteiger partial charge on any atom is -0.456 e. The van der Waals surface area contributed by atoms with Crippen LogP contribution in [-0.4, -0.2) is 95.6 Å². The fourth-order valence-electron chi connectivity index (χ4n) is 5.48. The monoisotopic (exact) mass is 868 g/mol. The van der Waals surface area contributed by atoms with Gasteiger partial charge in [-0.05, 0) is 30.7 Å². The molecule has 19 heteroatoms. The average molecular weight is 870 g/mol. The van der Waals surface area contributed by atoms with E-state index in [9.17, 15) is 29.2 Å². The summed E-state index contributed by atoms with van der Waals surface area (Å²) in [6.07, 6.45) is 2.55. The van der Waals surface area contributed by atoms with Crippen LogP contribution in [0.15, 0.2) is 60.7 Å². The molecule has 1 heterocycles. The van der Waals surface area contributed by atoms with Crippen molar-refractivity contribution in [2.24, 2.45) is 0 Å². The van der Waals surface area contributed by atoms with Crippen molar-refractivity contribution in [3.63, 3.8) is 0 Å². The Balaban J connectivity index is 1.64. The number of amides is 2. The third kappa shape index (κ3) is 18.6. The molecule has 314 valence electrons. The van der Waals surface area contributed by atoms with Crippen LogP contribution in [0.4, 0.5) is 4.79 Å². The third-order valence-corrected chi connectivity index (χ3v) is 9.94. The van der Waals surface area contributed by atoms with E-state index in [1.165, 1.54) is 32.1 Å². The van der Waals surface area contributed by atoms with Crippen LogP contribution in [0.5, 0.6) is 11.5 Å². The summed E-state index contributed by atoms with van der Waals surface area (Å²) in [4.78, 5) is 38.2. The van der Waals surface area contributed by atoms with Crippen LogP contribution < -0.4 is 19.7 Å². The maximum absolute atomic E-state index is 13.7. The van der Waals surface area contributed by atoms with Gasteiger partial charge in [0.25, 0.3) is 0 Å². The number of unbranched alkanes of at least 4 members (excludes halogenated alkanes) is 8. The summed E-state index contributed by atoms with van der Waals surface area (Å²) in [6.45, 7) is -0.621. The van der Waals surface area contributed by atoms with Crippen LogP contribution in [0.1, 0.15) is 71.1 Å². The molecule has 0 radical (unpaired) electrons. The third-order valence-electron chi connectivity index (χ3n) is 8.25. The Morgan fingerprint density at radius 3 is 1.98 bits per heavy atom. The lowest BCUT2D eigenvalue weighted by molar-refractivity contribution is -0.273. The van der Waals surface area contributed by atoms with Crippen LogP contribution in [0, 0.1) is 0 Å². The number of benzene rings is 2. The molecule has 0 aromatic heterocycles. The largest absolute Gasteiger partial charge is 0.587 e. The molecule has 2 aromatic rings. The second-order valence-electron chi connectivity index (χ2n) is 12.8. The first kappa shape index (κ1) is 47.5. The van der Waals surface area contributed by atoms with E-state index in [-0.39, 0.29) is 23.8 Å². The molecule has 0 spiro atoms. The zero-order chi connectivity index (χ0) is 40.8. The molecule has 0 saturated carbocycles. The molecule has 2 aromatic carbocycles. The Morgan fingerprint density at radius 1 is 0.857 bits per heavy atom. The van der Waals surface area contributed by atoms with Crippen LogP contribution >= 0.6 is 42.6 Å². The molecule has 0 unspecified atom stereocenters. The number of hydrogen-bond donors (Lipinski definition) is 4. The van der Waals surface area contributed by atoms with E-state index in [4.69, 9.17) is 67.3 Å². The van der Waals surface area contributed by atoms with Crippen molar-refractivity contribution in [2.75, 3.05) is 33.0 Å². The molecule has 4 N–H and O–H groups in total. The summed E-state index contributed by atoms with van der Waals surface area (Å²) in [7, 11) is -4.32. The number of carbonyl (C=O) groups excluding carboxylic acids is 3. The van der Waals surface area contributed by atoms with Gasteiger partial charge in [-0.3, -0.25) is 14.1 Å². The van der Waals surface area contributed by atoms with Gasteiger partial charge < -0.3 is 48.8 Å². The number of esters is 1. The molecule has 0 aliphatic carbocycles. The molecule has 56 heavy (non-hydrogen) atoms. The number of para-hydroxylation sites is 2. The van der Waals surface area contributed by atoms with E-state index >= 15 is 0 Å². The van der Waals surface area contributed by atoms with Crippen LogP contribution in [0.25, 0.3) is 0 Å². The number of aliphatic hydroxyl groups is 2. The van der Waals surface area contributed by atoms with Crippen molar-refractivity contribution >= 4 is 60.6 Å². The first-order valence-corrected chi connectivity index (χ1v) is 21.2. The van der Waals surface area contributed by atoms with Gasteiger partial charge in [0.15, 0.2) is 12.4 Å². The van der Waals surface area contributed by atoms with Gasteiger partial charge in [0.1, 0.15) is 42.9 Å². The first-order chi connectivity index (χ1) is 26.8. The number of carbonyl (C=O) groups is 3. The SMILES string of the molecule is CCCCCCCCCCCC(=O)NCC(=O)O[C@H]1[C@H](O)[C@@H](CO)O[C@H](OCCOP(=O)(Oc2ccccc2)Oc2ccccc2)[C@@H]1NC(=O)OCC(Cl)(Cl)Cl. The second kappa shape index (κ2) is 25.5. The van der Waals surface area contributed by atoms with Crippen molar-refractivity contribution < 1.29 is 61.7 Å². The standard InChI is InChI=1S/C37H52Cl3N2O13P/c1-2-3-4-5-6-7-8-9-16-21-30(44)41-24-31(45)53-34-32(42-36(47)50-26-37(38,39)40)35(52-29(25-43)33(34)46)49-22-23-51-56(48,54-27-17-12-10-13-18-27)55-28-19-14-11-15-20-28/h10-15,17-20,29,32-35,43,46H,2-9,16,21-26H2,1H3,(H,41,44)(H,42,47)/t29-,32-,33-,34-,35+/m1/s1. The van der Waals surface area contributed by atoms with Gasteiger partial charge in [-0.25, -0.2) is 9.36 Å². The van der Waals surface area contributed by atoms with Crippen LogP contribution in [0.3, 0.4) is 0 Å². The average Bonchev–Trinajstić information content (AvgIpc) is 3.16. The van der Waals surface area contributed by atoms with Crippen molar-refractivity contribution in [3.05, 3.63) is 60.7 Å². The summed E-state index contributed by atoms with van der Waals surface area (Å²) in [5, 5.41) is 26.0. The van der Waals surface area contributed by atoms with Gasteiger partial charge in [0, 0.05) is 6.42 Å². The highest BCUT2D eigenvalue weighted by Gasteiger charge is 2.49. The number of ether oxygens (including phenoxy) is 4. The summed E-state index contributed by atoms with van der Waals surface area (Å²) >= 11 is 17.1. The van der Waals surface area contributed by atoms with E-state index in [1.807, 2.05) is 0 Å². The predicted molar refractivity (Wildman–Crippen MR) is 209 cm³/mol. The van der Waals surface area contributed by atoms with Gasteiger partial charge in [0.2, 0.25) is 9.70 Å². The summed E-state index contributed by atoms with van der Waals surface area (Å²) < 4.78 is 50.5. The fourth-order valence-corrected chi connectivity index (χ4v) is 6.85. The number of hydrogen-bond acceptors (Lipinski definition) is 13. The van der Waals surface area contributed by atoms with Crippen molar-refractivity contribution in [1.82, 2.24) is 10.6 Å². The number of aliphatic hydroxyl groups excluding tert-OH is 2. The number of alkyl halides is 3. The van der Waals surface area contributed by atoms with E-state index in [1.54, 1.807) is 60.7 Å². The highest BCUT2D eigenvalue weighted by Crippen LogP contribution is 2.49. The number of phosphoric ester groups is 1. The molecule has 1 fully saturated rings. The first-order valence-electron chi connectivity index (χ1n) is 18.6. The topological polar surface area (TPSA) is 197 Å². The molecule has 5 atom stereocenters. The Labute approximate surface area is 342 Å². The van der Waals surface area contributed by atoms with Gasteiger partial charge in [-0.15, -0.1) is 0 Å². The lowest BCUT2D eigenvalue weighted by Gasteiger charge is -2.43. The maximum atomic E-state index is 13.7. The quantitative estimate of drug-likeness (QED) is 0.0353. The number of alkyl carbamates (subject to hydrolysis) is 1. The number of phosphoric acid groups is 1. The zero-order valence-electron chi connectivity index (χ0n) is 31.2. The molecule has 1 saturated heterocycles. The Bertz CT molecular complexity index is 1450. The summed E-state index contributed by atoms with van der Waals surface area (Å²) in [5.41, 5.74) is 0. The molecule has 1 aliphatic heterocycles. The van der Waals surface area contributed by atoms with E-state index < -0.39 is 87.3 Å². The molecule has 2 amide bonds. The normalized spacial score (nSPS) is 19.8. The highest BCUT2D eigenvalue weighted by atomic mass is 35.6. The molecule has 1 aliphatic rings. The number of rotatable bonds is 25. The Kier molecular flexibility index (Phi) is 21.6. The van der Waals surface area contributed by atoms with Gasteiger partial charge in [-0.1, -0.05) is 129 Å². The lowest BCUT2D eigenvalue weighted by atomic mass is 9.96. The molecular weight excluding hydrogens is 818 g/mol. The number of nitrogens with one attached hydrogen (secondary N) is 2. The molecule has 0 bridgehead atoms. The minimum absolute atomic E-state index is 0.199.